The van der Waals surface area contributed by atoms with Gasteiger partial charge in [-0.2, -0.15) is 0 Å². The number of halogens is 2. The molecule has 4 heteroatoms. The van der Waals surface area contributed by atoms with Crippen LogP contribution < -0.4 is 5.73 Å². The van der Waals surface area contributed by atoms with E-state index < -0.39 is 11.9 Å². The highest BCUT2D eigenvalue weighted by Gasteiger charge is 2.10. The van der Waals surface area contributed by atoms with Gasteiger partial charge >= 0.3 is 0 Å². The Morgan fingerprint density at radius 1 is 1.58 bits per heavy atom. The largest absolute Gasteiger partial charge is 0.508 e. The molecule has 66 valence electrons. The van der Waals surface area contributed by atoms with E-state index in [1.54, 1.807) is 6.92 Å². The number of nitrogens with two attached hydrogens (primary N) is 1. The van der Waals surface area contributed by atoms with Crippen molar-refractivity contribution in [1.29, 1.82) is 0 Å². The van der Waals surface area contributed by atoms with Crippen molar-refractivity contribution >= 4 is 11.6 Å². The molecule has 12 heavy (non-hydrogen) atoms. The van der Waals surface area contributed by atoms with Gasteiger partial charge in [0.15, 0.2) is 0 Å². The van der Waals surface area contributed by atoms with Crippen LogP contribution >= 0.6 is 11.6 Å². The van der Waals surface area contributed by atoms with E-state index in [-0.39, 0.29) is 10.8 Å². The summed E-state index contributed by atoms with van der Waals surface area (Å²) in [6.45, 7) is 1.66. The number of phenolic OH excluding ortho intramolecular Hbond substituents is 1. The molecule has 0 saturated carbocycles. The predicted molar refractivity (Wildman–Crippen MR) is 45.7 cm³/mol. The second-order valence-corrected chi connectivity index (χ2v) is 3.02. The zero-order valence-electron chi connectivity index (χ0n) is 6.51. The van der Waals surface area contributed by atoms with Crippen LogP contribution in [0.4, 0.5) is 4.39 Å². The zero-order chi connectivity index (χ0) is 9.30. The zero-order valence-corrected chi connectivity index (χ0v) is 7.27. The van der Waals surface area contributed by atoms with E-state index in [0.717, 1.165) is 12.1 Å². The summed E-state index contributed by atoms with van der Waals surface area (Å²) in [6, 6.07) is 1.88. The molecule has 3 N–H and O–H groups in total. The van der Waals surface area contributed by atoms with Gasteiger partial charge in [-0.25, -0.2) is 4.39 Å². The topological polar surface area (TPSA) is 46.2 Å². The molecule has 0 unspecified atom stereocenters. The lowest BCUT2D eigenvalue weighted by molar-refractivity contribution is 0.461. The van der Waals surface area contributed by atoms with Gasteiger partial charge in [0, 0.05) is 17.7 Å². The molecular formula is C8H9ClFNO. The first kappa shape index (κ1) is 9.29. The Morgan fingerprint density at radius 3 is 2.67 bits per heavy atom. The summed E-state index contributed by atoms with van der Waals surface area (Å²) in [5.74, 6) is -0.641. The van der Waals surface area contributed by atoms with Crippen molar-refractivity contribution in [3.05, 3.63) is 28.5 Å². The van der Waals surface area contributed by atoms with Gasteiger partial charge in [-0.3, -0.25) is 0 Å². The second-order valence-electron chi connectivity index (χ2n) is 2.61. The van der Waals surface area contributed by atoms with E-state index in [4.69, 9.17) is 17.3 Å². The fraction of sp³-hybridized carbons (Fsp3) is 0.250. The molecule has 0 fully saturated rings. The van der Waals surface area contributed by atoms with Crippen molar-refractivity contribution in [3.63, 3.8) is 0 Å². The smallest absolute Gasteiger partial charge is 0.142 e. The molecule has 0 amide bonds. The molecule has 0 spiro atoms. The molecule has 0 radical (unpaired) electrons. The van der Waals surface area contributed by atoms with Crippen molar-refractivity contribution in [2.45, 2.75) is 13.0 Å². The van der Waals surface area contributed by atoms with Crippen LogP contribution in [0.1, 0.15) is 18.5 Å². The van der Waals surface area contributed by atoms with Crippen molar-refractivity contribution in [2.75, 3.05) is 0 Å². The maximum absolute atomic E-state index is 12.8. The van der Waals surface area contributed by atoms with Crippen molar-refractivity contribution in [2.24, 2.45) is 5.73 Å². The lowest BCUT2D eigenvalue weighted by Crippen LogP contribution is -2.05. The molecule has 1 rings (SSSR count). The molecule has 0 aliphatic carbocycles. The van der Waals surface area contributed by atoms with Crippen LogP contribution in [0.5, 0.6) is 5.75 Å². The third-order valence-corrected chi connectivity index (χ3v) is 1.85. The Kier molecular flexibility index (Phi) is 2.55. The summed E-state index contributed by atoms with van der Waals surface area (Å²) in [4.78, 5) is 0. The van der Waals surface area contributed by atoms with Gasteiger partial charge in [0.1, 0.15) is 11.6 Å². The van der Waals surface area contributed by atoms with Gasteiger partial charge < -0.3 is 10.8 Å². The van der Waals surface area contributed by atoms with Crippen LogP contribution in [0.15, 0.2) is 12.1 Å². The molecule has 1 aromatic rings. The van der Waals surface area contributed by atoms with Gasteiger partial charge in [-0.1, -0.05) is 11.6 Å². The Bertz CT molecular complexity index is 301. The summed E-state index contributed by atoms with van der Waals surface area (Å²) in [7, 11) is 0. The molecule has 1 atom stereocenters. The minimum absolute atomic E-state index is 0.0728. The summed E-state index contributed by atoms with van der Waals surface area (Å²) in [6.07, 6.45) is 0. The molecule has 0 aliphatic heterocycles. The first-order chi connectivity index (χ1) is 5.52. The van der Waals surface area contributed by atoms with Gasteiger partial charge in [0.05, 0.1) is 5.02 Å². The molecule has 0 heterocycles. The van der Waals surface area contributed by atoms with Crippen LogP contribution in [-0.4, -0.2) is 5.11 Å². The lowest BCUT2D eigenvalue weighted by Gasteiger charge is -2.08. The molecule has 0 aliphatic rings. The Morgan fingerprint density at radius 2 is 2.17 bits per heavy atom. The maximum Gasteiger partial charge on any atom is 0.142 e. The van der Waals surface area contributed by atoms with Crippen LogP contribution in [-0.2, 0) is 0 Å². The normalized spacial score (nSPS) is 13.0. The third-order valence-electron chi connectivity index (χ3n) is 1.56. The highest BCUT2D eigenvalue weighted by Crippen LogP contribution is 2.28. The van der Waals surface area contributed by atoms with Gasteiger partial charge in [0.2, 0.25) is 0 Å². The average Bonchev–Trinajstić information content (AvgIpc) is 1.96. The van der Waals surface area contributed by atoms with E-state index >= 15 is 0 Å². The van der Waals surface area contributed by atoms with Crippen LogP contribution in [0.3, 0.4) is 0 Å². The van der Waals surface area contributed by atoms with Crippen LogP contribution in [0, 0.1) is 5.82 Å². The minimum atomic E-state index is -0.568. The van der Waals surface area contributed by atoms with E-state index in [2.05, 4.69) is 0 Å². The first-order valence-corrected chi connectivity index (χ1v) is 3.83. The summed E-state index contributed by atoms with van der Waals surface area (Å²) in [5.41, 5.74) is 5.82. The highest BCUT2D eigenvalue weighted by atomic mass is 35.5. The summed E-state index contributed by atoms with van der Waals surface area (Å²) >= 11 is 5.41. The summed E-state index contributed by atoms with van der Waals surface area (Å²) in [5, 5.41) is 9.16. The number of benzene rings is 1. The minimum Gasteiger partial charge on any atom is -0.508 e. The van der Waals surface area contributed by atoms with E-state index in [9.17, 15) is 9.50 Å². The van der Waals surface area contributed by atoms with Gasteiger partial charge in [-0.05, 0) is 13.0 Å². The summed E-state index contributed by atoms with van der Waals surface area (Å²) < 4.78 is 12.8. The second kappa shape index (κ2) is 3.29. The maximum atomic E-state index is 12.8. The molecule has 1 aromatic carbocycles. The highest BCUT2D eigenvalue weighted by molar-refractivity contribution is 6.30. The Hall–Kier alpha value is -0.800. The predicted octanol–water partition coefficient (Wildman–Crippen LogP) is 2.20. The first-order valence-electron chi connectivity index (χ1n) is 3.46. The molecule has 2 nitrogen and oxygen atoms in total. The van der Waals surface area contributed by atoms with E-state index in [0.29, 0.717) is 5.56 Å². The standard InChI is InChI=1S/C8H9ClFNO/c1-4(11)5-2-7(10)6(9)3-8(5)12/h2-4,12H,11H2,1H3/t4-/m0/s1. The lowest BCUT2D eigenvalue weighted by atomic mass is 10.1. The third kappa shape index (κ3) is 1.68. The van der Waals surface area contributed by atoms with E-state index in [1.165, 1.54) is 0 Å². The van der Waals surface area contributed by atoms with Crippen LogP contribution in [0.25, 0.3) is 0 Å². The number of rotatable bonds is 1. The van der Waals surface area contributed by atoms with Gasteiger partial charge in [-0.15, -0.1) is 0 Å². The average molecular weight is 190 g/mol. The quantitative estimate of drug-likeness (QED) is 0.712. The van der Waals surface area contributed by atoms with Gasteiger partial charge in [0.25, 0.3) is 0 Å². The number of hydrogen-bond acceptors (Lipinski definition) is 2. The number of aromatic hydroxyl groups is 1. The molecule has 0 aromatic heterocycles. The van der Waals surface area contributed by atoms with Crippen molar-refractivity contribution < 1.29 is 9.50 Å². The fourth-order valence-corrected chi connectivity index (χ4v) is 1.07. The van der Waals surface area contributed by atoms with E-state index in [1.807, 2.05) is 0 Å². The number of phenols is 1. The number of hydrogen-bond donors (Lipinski definition) is 2. The van der Waals surface area contributed by atoms with Crippen LogP contribution in [0.2, 0.25) is 5.02 Å². The Balaban J connectivity index is 3.23. The molecular weight excluding hydrogens is 181 g/mol. The molecule has 0 saturated heterocycles. The molecule has 0 bridgehead atoms. The fourth-order valence-electron chi connectivity index (χ4n) is 0.916. The SMILES string of the molecule is C[C@H](N)c1cc(F)c(Cl)cc1O. The monoisotopic (exact) mass is 189 g/mol. The Labute approximate surface area is 74.8 Å². The van der Waals surface area contributed by atoms with Crippen molar-refractivity contribution in [3.8, 4) is 5.75 Å². The van der Waals surface area contributed by atoms with Crippen molar-refractivity contribution in [1.82, 2.24) is 0 Å².